The molecular formula is C22H17FN4O2. The molecule has 0 aliphatic carbocycles. The number of amides is 2. The van der Waals surface area contributed by atoms with E-state index in [-0.39, 0.29) is 17.3 Å². The van der Waals surface area contributed by atoms with E-state index in [2.05, 4.69) is 20.8 Å². The molecular weight excluding hydrogens is 371 g/mol. The molecule has 144 valence electrons. The third kappa shape index (κ3) is 3.10. The van der Waals surface area contributed by atoms with E-state index in [0.29, 0.717) is 29.6 Å². The first-order chi connectivity index (χ1) is 14.1. The van der Waals surface area contributed by atoms with E-state index in [1.807, 2.05) is 42.5 Å². The molecule has 2 heterocycles. The monoisotopic (exact) mass is 388 g/mol. The topological polar surface area (TPSA) is 86.9 Å². The summed E-state index contributed by atoms with van der Waals surface area (Å²) in [7, 11) is 0. The number of nitrogens with one attached hydrogen (secondary N) is 3. The van der Waals surface area contributed by atoms with E-state index in [9.17, 15) is 14.0 Å². The summed E-state index contributed by atoms with van der Waals surface area (Å²) in [5.41, 5.74) is 2.08. The van der Waals surface area contributed by atoms with Crippen LogP contribution in [0.4, 0.5) is 10.1 Å². The van der Waals surface area contributed by atoms with E-state index in [1.165, 1.54) is 6.07 Å². The van der Waals surface area contributed by atoms with Crippen molar-refractivity contribution in [3.05, 3.63) is 60.4 Å². The lowest BCUT2D eigenvalue weighted by Crippen LogP contribution is -2.37. The summed E-state index contributed by atoms with van der Waals surface area (Å²) in [6.07, 6.45) is 0.753. The molecule has 0 spiro atoms. The predicted molar refractivity (Wildman–Crippen MR) is 109 cm³/mol. The number of hydrogen-bond acceptors (Lipinski definition) is 3. The minimum Gasteiger partial charge on any atom is -0.344 e. The Bertz CT molecular complexity index is 1280. The molecule has 0 saturated carbocycles. The van der Waals surface area contributed by atoms with Crippen LogP contribution in [0.1, 0.15) is 12.8 Å². The number of anilines is 1. The average Bonchev–Trinajstić information content (AvgIpc) is 3.34. The second kappa shape index (κ2) is 6.70. The highest BCUT2D eigenvalue weighted by atomic mass is 19.1. The smallest absolute Gasteiger partial charge is 0.246 e. The highest BCUT2D eigenvalue weighted by Gasteiger charge is 2.27. The molecule has 1 aromatic heterocycles. The van der Waals surface area contributed by atoms with Crippen molar-refractivity contribution < 1.29 is 14.0 Å². The van der Waals surface area contributed by atoms with Crippen LogP contribution in [0.15, 0.2) is 54.6 Å². The molecule has 0 bridgehead atoms. The lowest BCUT2D eigenvalue weighted by atomic mass is 10.0. The molecule has 1 aliphatic heterocycles. The Labute approximate surface area is 165 Å². The van der Waals surface area contributed by atoms with Gasteiger partial charge < -0.3 is 10.6 Å². The fourth-order valence-electron chi connectivity index (χ4n) is 3.75. The maximum Gasteiger partial charge on any atom is 0.246 e. The Morgan fingerprint density at radius 2 is 1.93 bits per heavy atom. The normalized spacial score (nSPS) is 16.3. The fraction of sp³-hybridized carbons (Fsp3) is 0.136. The highest BCUT2D eigenvalue weighted by Crippen LogP contribution is 2.32. The SMILES string of the molecule is O=C1CCC(C(=O)Nc2cc(F)c3n[nH]c(-c4ccc5ccccc5c4)c3c2)N1. The van der Waals surface area contributed by atoms with Gasteiger partial charge in [0.1, 0.15) is 11.6 Å². The predicted octanol–water partition coefficient (Wildman–Crippen LogP) is 3.74. The lowest BCUT2D eigenvalue weighted by Gasteiger charge is -2.11. The maximum atomic E-state index is 14.6. The molecule has 1 atom stereocenters. The van der Waals surface area contributed by atoms with E-state index in [4.69, 9.17) is 0 Å². The molecule has 0 radical (unpaired) electrons. The van der Waals surface area contributed by atoms with Gasteiger partial charge in [-0.25, -0.2) is 4.39 Å². The van der Waals surface area contributed by atoms with Crippen LogP contribution in [0, 0.1) is 5.82 Å². The summed E-state index contributed by atoms with van der Waals surface area (Å²) in [4.78, 5) is 23.7. The van der Waals surface area contributed by atoms with Gasteiger partial charge >= 0.3 is 0 Å². The number of carbonyl (C=O) groups is 2. The van der Waals surface area contributed by atoms with Gasteiger partial charge in [-0.1, -0.05) is 36.4 Å². The van der Waals surface area contributed by atoms with Gasteiger partial charge in [0.2, 0.25) is 11.8 Å². The van der Waals surface area contributed by atoms with Gasteiger partial charge in [0.25, 0.3) is 0 Å². The summed E-state index contributed by atoms with van der Waals surface area (Å²) in [6, 6.07) is 16.3. The van der Waals surface area contributed by atoms with Crippen molar-refractivity contribution >= 4 is 39.2 Å². The molecule has 1 unspecified atom stereocenters. The standard InChI is InChI=1S/C22H17FN4O2/c23-17-11-15(24-22(29)18-7-8-19(28)25-18)10-16-20(26-27-21(16)17)14-6-5-12-3-1-2-4-13(12)9-14/h1-6,9-11,18H,7-8H2,(H,24,29)(H,25,28)(H,26,27). The number of carbonyl (C=O) groups excluding carboxylic acids is 2. The van der Waals surface area contributed by atoms with Gasteiger partial charge in [-0.15, -0.1) is 0 Å². The van der Waals surface area contributed by atoms with E-state index in [0.717, 1.165) is 16.3 Å². The van der Waals surface area contributed by atoms with Gasteiger partial charge in [-0.3, -0.25) is 14.7 Å². The zero-order chi connectivity index (χ0) is 20.0. The summed E-state index contributed by atoms with van der Waals surface area (Å²) in [5, 5.41) is 15.1. The van der Waals surface area contributed by atoms with Crippen LogP contribution in [0.3, 0.4) is 0 Å². The van der Waals surface area contributed by atoms with Crippen LogP contribution in [0.2, 0.25) is 0 Å². The van der Waals surface area contributed by atoms with Gasteiger partial charge in [0.15, 0.2) is 5.82 Å². The number of rotatable bonds is 3. The van der Waals surface area contributed by atoms with Crippen LogP contribution in [0.5, 0.6) is 0 Å². The van der Waals surface area contributed by atoms with Crippen LogP contribution in [0.25, 0.3) is 32.9 Å². The Hall–Kier alpha value is -3.74. The fourth-order valence-corrected chi connectivity index (χ4v) is 3.75. The molecule has 3 N–H and O–H groups in total. The zero-order valence-electron chi connectivity index (χ0n) is 15.3. The minimum absolute atomic E-state index is 0.153. The number of halogens is 1. The van der Waals surface area contributed by atoms with Gasteiger partial charge in [-0.2, -0.15) is 5.10 Å². The van der Waals surface area contributed by atoms with E-state index in [1.54, 1.807) is 6.07 Å². The number of fused-ring (bicyclic) bond motifs is 2. The second-order valence-corrected chi connectivity index (χ2v) is 7.16. The van der Waals surface area contributed by atoms with Crippen LogP contribution < -0.4 is 10.6 Å². The average molecular weight is 388 g/mol. The quantitative estimate of drug-likeness (QED) is 0.500. The number of hydrogen-bond donors (Lipinski definition) is 3. The molecule has 6 nitrogen and oxygen atoms in total. The number of nitrogens with zero attached hydrogens (tertiary/aromatic N) is 1. The Balaban J connectivity index is 1.53. The molecule has 5 rings (SSSR count). The molecule has 1 fully saturated rings. The first-order valence-electron chi connectivity index (χ1n) is 9.35. The van der Waals surface area contributed by atoms with Gasteiger partial charge in [-0.05, 0) is 35.4 Å². The molecule has 1 aliphatic rings. The maximum absolute atomic E-state index is 14.6. The summed E-state index contributed by atoms with van der Waals surface area (Å²) in [6.45, 7) is 0. The van der Waals surface area contributed by atoms with Crippen molar-refractivity contribution in [2.45, 2.75) is 18.9 Å². The minimum atomic E-state index is -0.592. The Morgan fingerprint density at radius 3 is 2.72 bits per heavy atom. The summed E-state index contributed by atoms with van der Waals surface area (Å²) < 4.78 is 14.6. The molecule has 2 amide bonds. The second-order valence-electron chi connectivity index (χ2n) is 7.16. The van der Waals surface area contributed by atoms with Crippen molar-refractivity contribution in [1.82, 2.24) is 15.5 Å². The van der Waals surface area contributed by atoms with E-state index < -0.39 is 11.9 Å². The largest absolute Gasteiger partial charge is 0.344 e. The zero-order valence-corrected chi connectivity index (χ0v) is 15.3. The number of benzene rings is 3. The van der Waals surface area contributed by atoms with Crippen molar-refractivity contribution in [3.63, 3.8) is 0 Å². The third-order valence-electron chi connectivity index (χ3n) is 5.23. The Morgan fingerprint density at radius 1 is 1.10 bits per heavy atom. The highest BCUT2D eigenvalue weighted by molar-refractivity contribution is 6.02. The molecule has 1 saturated heterocycles. The first kappa shape index (κ1) is 17.4. The summed E-state index contributed by atoms with van der Waals surface area (Å²) in [5.74, 6) is -1.04. The van der Waals surface area contributed by atoms with Crippen molar-refractivity contribution in [2.75, 3.05) is 5.32 Å². The Kier molecular flexibility index (Phi) is 4.01. The number of aromatic amines is 1. The summed E-state index contributed by atoms with van der Waals surface area (Å²) >= 11 is 0. The molecule has 3 aromatic carbocycles. The van der Waals surface area contributed by atoms with Crippen molar-refractivity contribution in [3.8, 4) is 11.3 Å². The van der Waals surface area contributed by atoms with Crippen molar-refractivity contribution in [1.29, 1.82) is 0 Å². The van der Waals surface area contributed by atoms with Crippen molar-refractivity contribution in [2.24, 2.45) is 0 Å². The van der Waals surface area contributed by atoms with Crippen LogP contribution in [-0.2, 0) is 9.59 Å². The van der Waals surface area contributed by atoms with Gasteiger partial charge in [0, 0.05) is 23.1 Å². The number of aromatic nitrogens is 2. The molecule has 4 aromatic rings. The third-order valence-corrected chi connectivity index (χ3v) is 5.23. The lowest BCUT2D eigenvalue weighted by molar-refractivity contribution is -0.122. The molecule has 29 heavy (non-hydrogen) atoms. The molecule has 7 heteroatoms. The van der Waals surface area contributed by atoms with Crippen LogP contribution in [-0.4, -0.2) is 28.1 Å². The number of H-pyrrole nitrogens is 1. The first-order valence-corrected chi connectivity index (χ1v) is 9.35. The van der Waals surface area contributed by atoms with Crippen LogP contribution >= 0.6 is 0 Å². The van der Waals surface area contributed by atoms with E-state index >= 15 is 0 Å². The van der Waals surface area contributed by atoms with Gasteiger partial charge in [0.05, 0.1) is 5.69 Å².